The van der Waals surface area contributed by atoms with Crippen molar-refractivity contribution < 1.29 is 9.26 Å². The van der Waals surface area contributed by atoms with E-state index in [1.165, 1.54) is 12.8 Å². The van der Waals surface area contributed by atoms with Gasteiger partial charge in [0.1, 0.15) is 5.69 Å². The topological polar surface area (TPSA) is 73.9 Å². The number of aromatic nitrogens is 4. The smallest absolute Gasteiger partial charge is 0.232 e. The zero-order valence-electron chi connectivity index (χ0n) is 10.9. The Hall–Kier alpha value is -1.98. The van der Waals surface area contributed by atoms with Gasteiger partial charge in [-0.05, 0) is 19.8 Å². The van der Waals surface area contributed by atoms with Crippen LogP contribution < -0.4 is 4.74 Å². The fourth-order valence-electron chi connectivity index (χ4n) is 2.33. The molecule has 0 unspecified atom stereocenters. The number of nitrogens with zero attached hydrogens (tertiary/aromatic N) is 4. The van der Waals surface area contributed by atoms with Crippen LogP contribution in [-0.2, 0) is 0 Å². The quantitative estimate of drug-likeness (QED) is 0.841. The summed E-state index contributed by atoms with van der Waals surface area (Å²) in [6.07, 6.45) is 7.93. The van der Waals surface area contributed by atoms with Crippen molar-refractivity contribution in [3.8, 4) is 17.4 Å². The van der Waals surface area contributed by atoms with Crippen LogP contribution in [0, 0.1) is 0 Å². The Balaban J connectivity index is 1.77. The minimum atomic E-state index is 0.414. The maximum Gasteiger partial charge on any atom is 0.232 e. The molecule has 0 aliphatic heterocycles. The van der Waals surface area contributed by atoms with Gasteiger partial charge in [0.05, 0.1) is 19.0 Å². The molecule has 0 N–H and O–H groups in total. The second-order valence-electron chi connectivity index (χ2n) is 4.61. The molecule has 0 spiro atoms. The maximum atomic E-state index is 5.32. The summed E-state index contributed by atoms with van der Waals surface area (Å²) < 4.78 is 10.6. The van der Waals surface area contributed by atoms with Crippen molar-refractivity contribution in [1.82, 2.24) is 20.1 Å². The van der Waals surface area contributed by atoms with E-state index >= 15 is 0 Å². The van der Waals surface area contributed by atoms with Gasteiger partial charge in [0.25, 0.3) is 0 Å². The monoisotopic (exact) mass is 260 g/mol. The molecular weight excluding hydrogens is 244 g/mol. The van der Waals surface area contributed by atoms with Crippen LogP contribution in [-0.4, -0.2) is 26.7 Å². The van der Waals surface area contributed by atoms with Gasteiger partial charge < -0.3 is 9.26 Å². The highest BCUT2D eigenvalue weighted by Crippen LogP contribution is 2.33. The van der Waals surface area contributed by atoms with Gasteiger partial charge in [-0.25, -0.2) is 9.97 Å². The molecule has 2 heterocycles. The second-order valence-corrected chi connectivity index (χ2v) is 4.61. The van der Waals surface area contributed by atoms with Crippen molar-refractivity contribution in [2.24, 2.45) is 0 Å². The number of hydrogen-bond acceptors (Lipinski definition) is 6. The first kappa shape index (κ1) is 12.1. The van der Waals surface area contributed by atoms with Crippen molar-refractivity contribution in [1.29, 1.82) is 0 Å². The first-order valence-corrected chi connectivity index (χ1v) is 6.65. The Morgan fingerprint density at radius 3 is 2.79 bits per heavy atom. The van der Waals surface area contributed by atoms with Gasteiger partial charge >= 0.3 is 0 Å². The summed E-state index contributed by atoms with van der Waals surface area (Å²) in [5.41, 5.74) is 0.608. The Kier molecular flexibility index (Phi) is 3.39. The normalized spacial score (nSPS) is 15.8. The van der Waals surface area contributed by atoms with Crippen molar-refractivity contribution in [2.75, 3.05) is 6.61 Å². The van der Waals surface area contributed by atoms with E-state index in [-0.39, 0.29) is 0 Å². The number of ether oxygens (including phenoxy) is 1. The highest BCUT2D eigenvalue weighted by atomic mass is 16.5. The van der Waals surface area contributed by atoms with Crippen LogP contribution in [0.15, 0.2) is 16.9 Å². The van der Waals surface area contributed by atoms with E-state index in [1.54, 1.807) is 12.4 Å². The summed E-state index contributed by atoms with van der Waals surface area (Å²) in [6, 6.07) is 0. The molecule has 0 bridgehead atoms. The largest absolute Gasteiger partial charge is 0.477 e. The molecule has 1 aliphatic rings. The van der Waals surface area contributed by atoms with Crippen molar-refractivity contribution in [3.63, 3.8) is 0 Å². The Morgan fingerprint density at radius 1 is 1.26 bits per heavy atom. The van der Waals surface area contributed by atoms with E-state index in [0.717, 1.165) is 18.7 Å². The molecule has 0 saturated heterocycles. The fourth-order valence-corrected chi connectivity index (χ4v) is 2.33. The molecule has 0 atom stereocenters. The van der Waals surface area contributed by atoms with Crippen LogP contribution in [0.2, 0.25) is 0 Å². The minimum absolute atomic E-state index is 0.414. The molecule has 6 heteroatoms. The maximum absolute atomic E-state index is 5.32. The lowest BCUT2D eigenvalue weighted by molar-refractivity contribution is 0.325. The molecule has 2 aromatic heterocycles. The molecule has 0 amide bonds. The average molecular weight is 260 g/mol. The van der Waals surface area contributed by atoms with Gasteiger partial charge in [0.15, 0.2) is 0 Å². The predicted octanol–water partition coefficient (Wildman–Crippen LogP) is 2.58. The SMILES string of the molecule is CCOc1cnc(-c2noc(C3CCCC3)n2)cn1. The van der Waals surface area contributed by atoms with Gasteiger partial charge in [-0.15, -0.1) is 0 Å². The summed E-state index contributed by atoms with van der Waals surface area (Å²) in [7, 11) is 0. The minimum Gasteiger partial charge on any atom is -0.477 e. The molecule has 1 aliphatic carbocycles. The summed E-state index contributed by atoms with van der Waals surface area (Å²) in [4.78, 5) is 12.8. The predicted molar refractivity (Wildman–Crippen MR) is 67.7 cm³/mol. The molecule has 0 aromatic carbocycles. The van der Waals surface area contributed by atoms with Gasteiger partial charge in [0.2, 0.25) is 17.6 Å². The Bertz CT molecular complexity index is 532. The molecule has 1 fully saturated rings. The number of hydrogen-bond donors (Lipinski definition) is 0. The number of rotatable bonds is 4. The van der Waals surface area contributed by atoms with Crippen molar-refractivity contribution >= 4 is 0 Å². The fraction of sp³-hybridized carbons (Fsp3) is 0.538. The highest BCUT2D eigenvalue weighted by molar-refractivity contribution is 5.46. The molecule has 19 heavy (non-hydrogen) atoms. The van der Waals surface area contributed by atoms with Crippen molar-refractivity contribution in [2.45, 2.75) is 38.5 Å². The lowest BCUT2D eigenvalue weighted by atomic mass is 10.1. The third-order valence-corrected chi connectivity index (χ3v) is 3.30. The standard InChI is InChI=1S/C13H16N4O2/c1-2-18-11-8-14-10(7-15-11)12-16-13(19-17-12)9-5-3-4-6-9/h7-9H,2-6H2,1H3. The van der Waals surface area contributed by atoms with Crippen LogP contribution >= 0.6 is 0 Å². The summed E-state index contributed by atoms with van der Waals surface area (Å²) in [5.74, 6) is 2.14. The van der Waals surface area contributed by atoms with E-state index < -0.39 is 0 Å². The highest BCUT2D eigenvalue weighted by Gasteiger charge is 2.23. The zero-order valence-corrected chi connectivity index (χ0v) is 10.9. The summed E-state index contributed by atoms with van der Waals surface area (Å²) in [6.45, 7) is 2.48. The van der Waals surface area contributed by atoms with E-state index in [0.29, 0.717) is 29.9 Å². The molecular formula is C13H16N4O2. The van der Waals surface area contributed by atoms with E-state index in [1.807, 2.05) is 6.92 Å². The molecule has 1 saturated carbocycles. The molecule has 0 radical (unpaired) electrons. The average Bonchev–Trinajstić information content (AvgIpc) is 3.11. The summed E-state index contributed by atoms with van der Waals surface area (Å²) >= 11 is 0. The second kappa shape index (κ2) is 5.34. The van der Waals surface area contributed by atoms with Gasteiger partial charge in [0, 0.05) is 5.92 Å². The molecule has 2 aromatic rings. The molecule has 100 valence electrons. The van der Waals surface area contributed by atoms with E-state index in [4.69, 9.17) is 9.26 Å². The first-order chi connectivity index (χ1) is 9.36. The lowest BCUT2D eigenvalue weighted by Gasteiger charge is -2.00. The summed E-state index contributed by atoms with van der Waals surface area (Å²) in [5, 5.41) is 3.98. The molecule has 6 nitrogen and oxygen atoms in total. The first-order valence-electron chi connectivity index (χ1n) is 6.65. The van der Waals surface area contributed by atoms with Crippen LogP contribution in [0.3, 0.4) is 0 Å². The van der Waals surface area contributed by atoms with E-state index in [2.05, 4.69) is 20.1 Å². The molecule has 3 rings (SSSR count). The third-order valence-electron chi connectivity index (χ3n) is 3.30. The zero-order chi connectivity index (χ0) is 13.1. The van der Waals surface area contributed by atoms with Gasteiger partial charge in [-0.1, -0.05) is 18.0 Å². The van der Waals surface area contributed by atoms with Crippen LogP contribution in [0.4, 0.5) is 0 Å². The Morgan fingerprint density at radius 2 is 2.11 bits per heavy atom. The van der Waals surface area contributed by atoms with Crippen LogP contribution in [0.1, 0.15) is 44.4 Å². The Labute approximate surface area is 111 Å². The van der Waals surface area contributed by atoms with Gasteiger partial charge in [-0.2, -0.15) is 4.98 Å². The van der Waals surface area contributed by atoms with Crippen LogP contribution in [0.5, 0.6) is 5.88 Å². The van der Waals surface area contributed by atoms with Gasteiger partial charge in [-0.3, -0.25) is 0 Å². The van der Waals surface area contributed by atoms with E-state index in [9.17, 15) is 0 Å². The van der Waals surface area contributed by atoms with Crippen LogP contribution in [0.25, 0.3) is 11.5 Å². The third kappa shape index (κ3) is 2.57. The lowest BCUT2D eigenvalue weighted by Crippen LogP contribution is -1.96. The van der Waals surface area contributed by atoms with Crippen molar-refractivity contribution in [3.05, 3.63) is 18.3 Å².